The predicted molar refractivity (Wildman–Crippen MR) is 166 cm³/mol. The molecule has 2 saturated heterocycles. The van der Waals surface area contributed by atoms with Gasteiger partial charge in [0.1, 0.15) is 48.0 Å². The summed E-state index contributed by atoms with van der Waals surface area (Å²) in [5.74, 6) is 9.89. The van der Waals surface area contributed by atoms with Gasteiger partial charge in [0.05, 0.1) is 13.2 Å². The minimum absolute atomic E-state index is 0.116. The molecule has 16 heteroatoms. The van der Waals surface area contributed by atoms with Gasteiger partial charge in [-0.25, -0.2) is 9.59 Å². The second-order valence-electron chi connectivity index (χ2n) is 10.1. The third kappa shape index (κ3) is 10.1. The van der Waals surface area contributed by atoms with Gasteiger partial charge in [-0.2, -0.15) is 0 Å². The van der Waals surface area contributed by atoms with Crippen molar-refractivity contribution < 1.29 is 40.1 Å². The van der Waals surface area contributed by atoms with Crippen molar-refractivity contribution in [2.24, 2.45) is 0 Å². The van der Waals surface area contributed by atoms with Crippen molar-refractivity contribution in [2.75, 3.05) is 13.2 Å². The molecule has 6 atom stereocenters. The Labute approximate surface area is 272 Å². The van der Waals surface area contributed by atoms with E-state index >= 15 is 0 Å². The average Bonchev–Trinajstić information content (AvgIpc) is 3.64. The maximum atomic E-state index is 12.0. The molecule has 16 nitrogen and oxygen atoms in total. The summed E-state index contributed by atoms with van der Waals surface area (Å²) in [6, 6.07) is 0. The summed E-state index contributed by atoms with van der Waals surface area (Å²) >= 11 is 0. The SMILES string of the molecule is CCC#Cc1cn([C@H]2CC(OC(C)=O)[C@@H](CO)O2)c(=O)[nH]c1=O.[2H]OC[C@H]1O[C@@H](n2cc(C#CCC)c(=O)[nH]c2=O)CC1OC(C)=O.[3H]C. The van der Waals surface area contributed by atoms with Gasteiger partial charge < -0.3 is 29.2 Å². The number of ether oxygens (including phenoxy) is 4. The van der Waals surface area contributed by atoms with Crippen LogP contribution in [-0.2, 0) is 28.5 Å². The molecule has 2 aliphatic rings. The summed E-state index contributed by atoms with van der Waals surface area (Å²) in [6.45, 7) is 5.73. The molecule has 0 bridgehead atoms. The zero-order valence-corrected chi connectivity index (χ0v) is 26.7. The lowest BCUT2D eigenvalue weighted by Gasteiger charge is -2.15. The van der Waals surface area contributed by atoms with Gasteiger partial charge in [0, 0.05) is 53.3 Å². The zero-order valence-electron chi connectivity index (χ0n) is 28.7. The number of aliphatic hydroxyl groups is 2. The normalized spacial score (nSPS) is 23.1. The zero-order chi connectivity index (χ0) is 36.7. The Kier molecular flexibility index (Phi) is 13.3. The topological polar surface area (TPSA) is 221 Å². The number of rotatable bonds is 7. The number of esters is 2. The first-order chi connectivity index (χ1) is 23.4. The maximum Gasteiger partial charge on any atom is 0.330 e. The number of H-pyrrole nitrogens is 2. The van der Waals surface area contributed by atoms with Gasteiger partial charge in [0.15, 0.2) is 0 Å². The van der Waals surface area contributed by atoms with Crippen molar-refractivity contribution in [3.63, 3.8) is 0 Å². The van der Waals surface area contributed by atoms with Gasteiger partial charge in [0.2, 0.25) is 1.43 Å². The molecule has 256 valence electrons. The number of carbonyl (C=O) groups excluding carboxylic acids is 2. The summed E-state index contributed by atoms with van der Waals surface area (Å²) in [5.41, 5.74) is -2.16. The van der Waals surface area contributed by atoms with Crippen LogP contribution < -0.4 is 22.5 Å². The summed E-state index contributed by atoms with van der Waals surface area (Å²) in [5, 5.41) is 13.6. The second kappa shape index (κ2) is 17.8. The lowest BCUT2D eigenvalue weighted by atomic mass is 10.2. The first-order valence-corrected chi connectivity index (χ1v) is 14.4. The van der Waals surface area contributed by atoms with Crippen LogP contribution in [0.1, 0.15) is 85.7 Å². The highest BCUT2D eigenvalue weighted by Crippen LogP contribution is 2.30. The minimum atomic E-state index is -0.763. The summed E-state index contributed by atoms with van der Waals surface area (Å²) < 4.78 is 36.4. The third-order valence-corrected chi connectivity index (χ3v) is 6.70. The van der Waals surface area contributed by atoms with Crippen LogP contribution in [0.5, 0.6) is 0 Å². The summed E-state index contributed by atoms with van der Waals surface area (Å²) in [4.78, 5) is 74.2. The highest BCUT2D eigenvalue weighted by Gasteiger charge is 2.39. The van der Waals surface area contributed by atoms with Gasteiger partial charge in [-0.15, -0.1) is 0 Å². The molecule has 2 aliphatic heterocycles. The Morgan fingerprint density at radius 2 is 1.30 bits per heavy atom. The van der Waals surface area contributed by atoms with E-state index in [4.69, 9.17) is 21.7 Å². The molecule has 4 heterocycles. The minimum Gasteiger partial charge on any atom is -0.460 e. The van der Waals surface area contributed by atoms with E-state index in [0.717, 1.165) is 0 Å². The number of nitrogens with one attached hydrogen (secondary N) is 2. The Morgan fingerprint density at radius 3 is 1.64 bits per heavy atom. The molecule has 2 unspecified atom stereocenters. The molecule has 47 heavy (non-hydrogen) atoms. The molecule has 0 saturated carbocycles. The van der Waals surface area contributed by atoms with Crippen molar-refractivity contribution in [3.8, 4) is 23.7 Å². The van der Waals surface area contributed by atoms with E-state index in [1.165, 1.54) is 42.8 Å². The molecule has 0 amide bonds. The smallest absolute Gasteiger partial charge is 0.330 e. The fourth-order valence-electron chi connectivity index (χ4n) is 4.67. The number of aromatic amines is 2. The molecule has 2 aromatic rings. The van der Waals surface area contributed by atoms with Crippen molar-refractivity contribution in [3.05, 3.63) is 65.2 Å². The maximum absolute atomic E-state index is 12.0. The largest absolute Gasteiger partial charge is 0.460 e. The average molecular weight is 664 g/mol. The number of aliphatic hydroxyl groups excluding tert-OH is 2. The lowest BCUT2D eigenvalue weighted by Crippen LogP contribution is -2.33. The molecular weight excluding hydrogens is 620 g/mol. The van der Waals surface area contributed by atoms with Crippen LogP contribution >= 0.6 is 0 Å². The molecule has 4 N–H and O–H groups in total. The lowest BCUT2D eigenvalue weighted by molar-refractivity contribution is -0.151. The van der Waals surface area contributed by atoms with Gasteiger partial charge in [-0.1, -0.05) is 44.9 Å². The molecule has 0 aromatic carbocycles. The van der Waals surface area contributed by atoms with Crippen molar-refractivity contribution in [2.45, 2.75) is 97.7 Å². The Balaban J connectivity index is 0.000000324. The number of hydrogen-bond donors (Lipinski definition) is 4. The van der Waals surface area contributed by atoms with Crippen molar-refractivity contribution in [1.29, 1.82) is 1.43 Å². The third-order valence-electron chi connectivity index (χ3n) is 6.70. The molecule has 0 spiro atoms. The van der Waals surface area contributed by atoms with Crippen LogP contribution in [0.2, 0.25) is 0 Å². The molecule has 0 radical (unpaired) electrons. The fraction of sp³-hybridized carbons (Fsp3) is 0.548. The van der Waals surface area contributed by atoms with E-state index in [2.05, 4.69) is 38.8 Å². The van der Waals surface area contributed by atoms with Crippen LogP contribution in [0.25, 0.3) is 0 Å². The van der Waals surface area contributed by atoms with Crippen LogP contribution in [0, 0.1) is 23.7 Å². The summed E-state index contributed by atoms with van der Waals surface area (Å²) in [7, 11) is 1.25. The fourth-order valence-corrected chi connectivity index (χ4v) is 4.67. The number of carbonyl (C=O) groups is 2. The predicted octanol–water partition coefficient (Wildman–Crippen LogP) is -0.345. The molecule has 0 aliphatic carbocycles. The first kappa shape index (κ1) is 35.1. The number of hydrogen-bond acceptors (Lipinski definition) is 12. The van der Waals surface area contributed by atoms with E-state index < -0.39 is 71.3 Å². The number of nitrogens with zero attached hydrogens (tertiary/aromatic N) is 2. The number of aromatic nitrogens is 4. The Morgan fingerprint density at radius 1 is 0.894 bits per heavy atom. The van der Waals surface area contributed by atoms with E-state index in [1.807, 2.05) is 13.8 Å². The van der Waals surface area contributed by atoms with Gasteiger partial charge in [-0.05, 0) is 0 Å². The highest BCUT2D eigenvalue weighted by molar-refractivity contribution is 5.66. The van der Waals surface area contributed by atoms with Crippen LogP contribution in [0.4, 0.5) is 0 Å². The summed E-state index contributed by atoms with van der Waals surface area (Å²) in [6.07, 6.45) is -0.0825. The quantitative estimate of drug-likeness (QED) is 0.221. The van der Waals surface area contributed by atoms with Crippen molar-refractivity contribution >= 4 is 11.9 Å². The van der Waals surface area contributed by atoms with Crippen LogP contribution in [0.3, 0.4) is 0 Å². The molecule has 4 rings (SSSR count). The van der Waals surface area contributed by atoms with E-state index in [-0.39, 0.29) is 37.2 Å². The van der Waals surface area contributed by atoms with Crippen molar-refractivity contribution in [1.82, 2.24) is 19.1 Å². The van der Waals surface area contributed by atoms with Gasteiger partial charge in [0.25, 0.3) is 11.1 Å². The standard InChI is InChI=1S/2C15H18N2O6.CH4/c2*1-3-4-5-10-7-17(15(21)16-14(10)20)13-6-11(22-9(2)19)12(8-18)23-13;/h2*7,11-13,18H,3,6,8H2,1-2H3,(H,16,20,21);1H4/t2*11?,12-,13-;/m11./s1/i18D;;1T. The van der Waals surface area contributed by atoms with E-state index in [1.54, 1.807) is 0 Å². The first-order valence-electron chi connectivity index (χ1n) is 15.9. The molecule has 2 aromatic heterocycles. The van der Waals surface area contributed by atoms with Gasteiger partial charge in [-0.3, -0.25) is 38.3 Å². The van der Waals surface area contributed by atoms with Crippen LogP contribution in [-0.4, -0.2) is 80.3 Å². The second-order valence-corrected chi connectivity index (χ2v) is 10.1. The van der Waals surface area contributed by atoms with E-state index in [0.29, 0.717) is 12.8 Å². The Hall–Kier alpha value is -4.74. The molecular formula is C31H40N4O12. The van der Waals surface area contributed by atoms with E-state index in [9.17, 15) is 33.9 Å². The Bertz CT molecular complexity index is 1800. The monoisotopic (exact) mass is 663 g/mol. The van der Waals surface area contributed by atoms with Gasteiger partial charge >= 0.3 is 23.3 Å². The molecule has 2 fully saturated rings. The van der Waals surface area contributed by atoms with Crippen LogP contribution in [0.15, 0.2) is 31.6 Å². The highest BCUT2D eigenvalue weighted by atomic mass is 16.6.